The lowest BCUT2D eigenvalue weighted by atomic mass is 10.4. The van der Waals surface area contributed by atoms with Crippen molar-refractivity contribution in [1.29, 1.82) is 0 Å². The van der Waals surface area contributed by atoms with Gasteiger partial charge >= 0.3 is 0 Å². The Bertz CT molecular complexity index is 296. The van der Waals surface area contributed by atoms with Crippen LogP contribution in [0.3, 0.4) is 0 Å². The maximum atomic E-state index is 5.70. The summed E-state index contributed by atoms with van der Waals surface area (Å²) in [6.45, 7) is 0.892. The number of aromatic nitrogens is 4. The van der Waals surface area contributed by atoms with E-state index in [1.54, 1.807) is 0 Å². The largest absolute Gasteiger partial charge is 0.227 e. The highest BCUT2D eigenvalue weighted by Crippen LogP contribution is 2.48. The summed E-state index contributed by atoms with van der Waals surface area (Å²) in [5.74, 6) is 1.15. The molecule has 72 valence electrons. The summed E-state index contributed by atoms with van der Waals surface area (Å²) in [7, 11) is 0. The smallest absolute Gasteiger partial charge is 0.166 e. The van der Waals surface area contributed by atoms with Crippen LogP contribution in [-0.4, -0.2) is 31.2 Å². The van der Waals surface area contributed by atoms with Crippen molar-refractivity contribution in [2.24, 2.45) is 0 Å². The molecule has 1 fully saturated rings. The summed E-state index contributed by atoms with van der Waals surface area (Å²) < 4.78 is 2.20. The van der Waals surface area contributed by atoms with E-state index < -0.39 is 0 Å². The van der Waals surface area contributed by atoms with Gasteiger partial charge in [0.2, 0.25) is 0 Å². The molecule has 1 aliphatic rings. The summed E-state index contributed by atoms with van der Waals surface area (Å²) in [5, 5.41) is 11.4. The fourth-order valence-electron chi connectivity index (χ4n) is 1.28. The highest BCUT2D eigenvalue weighted by atomic mass is 35.5. The number of alkyl halides is 1. The first-order valence-corrected chi connectivity index (χ1v) is 5.92. The van der Waals surface area contributed by atoms with Crippen molar-refractivity contribution in [2.45, 2.75) is 30.0 Å². The molecule has 1 heterocycles. The molecule has 0 aromatic carbocycles. The van der Waals surface area contributed by atoms with Crippen LogP contribution < -0.4 is 0 Å². The van der Waals surface area contributed by atoms with Crippen LogP contribution >= 0.6 is 23.4 Å². The Morgan fingerprint density at radius 3 is 2.92 bits per heavy atom. The SMILES string of the molecule is CSC1(Cn2nnnc2CCl)CC1. The maximum absolute atomic E-state index is 5.70. The van der Waals surface area contributed by atoms with Gasteiger partial charge in [-0.3, -0.25) is 0 Å². The molecule has 1 aromatic rings. The molecule has 0 bridgehead atoms. The van der Waals surface area contributed by atoms with Crippen molar-refractivity contribution < 1.29 is 0 Å². The molecule has 0 saturated heterocycles. The standard InChI is InChI=1S/C7H11ClN4S/c1-13-7(2-3-7)5-12-6(4-8)9-10-11-12/h2-5H2,1H3. The quantitative estimate of drug-likeness (QED) is 0.715. The molecule has 2 rings (SSSR count). The van der Waals surface area contributed by atoms with E-state index in [1.807, 2.05) is 16.4 Å². The zero-order valence-electron chi connectivity index (χ0n) is 7.40. The second-order valence-corrected chi connectivity index (χ2v) is 4.82. The Balaban J connectivity index is 2.09. The van der Waals surface area contributed by atoms with E-state index in [4.69, 9.17) is 11.6 Å². The molecule has 0 amide bonds. The van der Waals surface area contributed by atoms with Crippen molar-refractivity contribution in [1.82, 2.24) is 20.2 Å². The average molecular weight is 219 g/mol. The van der Waals surface area contributed by atoms with Gasteiger partial charge in [-0.1, -0.05) is 0 Å². The number of rotatable bonds is 4. The first kappa shape index (κ1) is 9.27. The molecule has 1 saturated carbocycles. The highest BCUT2D eigenvalue weighted by Gasteiger charge is 2.43. The van der Waals surface area contributed by atoms with Crippen LogP contribution in [0.1, 0.15) is 18.7 Å². The summed E-state index contributed by atoms with van der Waals surface area (Å²) in [6.07, 6.45) is 4.66. The van der Waals surface area contributed by atoms with Crippen molar-refractivity contribution in [3.63, 3.8) is 0 Å². The molecular formula is C7H11ClN4S. The van der Waals surface area contributed by atoms with E-state index in [0.29, 0.717) is 10.6 Å². The van der Waals surface area contributed by atoms with Crippen LogP contribution in [0, 0.1) is 0 Å². The van der Waals surface area contributed by atoms with Gasteiger partial charge in [0.15, 0.2) is 5.82 Å². The van der Waals surface area contributed by atoms with Gasteiger partial charge in [-0.2, -0.15) is 11.8 Å². The van der Waals surface area contributed by atoms with Crippen molar-refractivity contribution in [3.8, 4) is 0 Å². The lowest BCUT2D eigenvalue weighted by Crippen LogP contribution is -2.16. The molecule has 0 aliphatic heterocycles. The molecule has 0 N–H and O–H groups in total. The van der Waals surface area contributed by atoms with Gasteiger partial charge in [-0.05, 0) is 29.5 Å². The minimum absolute atomic E-state index is 0.385. The van der Waals surface area contributed by atoms with E-state index in [1.165, 1.54) is 12.8 Å². The van der Waals surface area contributed by atoms with Gasteiger partial charge in [0.1, 0.15) is 0 Å². The van der Waals surface area contributed by atoms with Gasteiger partial charge in [0.05, 0.1) is 12.4 Å². The second kappa shape index (κ2) is 3.46. The van der Waals surface area contributed by atoms with Crippen LogP contribution in [0.15, 0.2) is 0 Å². The minimum atomic E-state index is 0.385. The van der Waals surface area contributed by atoms with E-state index in [2.05, 4.69) is 21.8 Å². The average Bonchev–Trinajstić information content (AvgIpc) is 2.78. The number of hydrogen-bond acceptors (Lipinski definition) is 4. The van der Waals surface area contributed by atoms with Crippen molar-refractivity contribution >= 4 is 23.4 Å². The van der Waals surface area contributed by atoms with Crippen LogP contribution in [0.5, 0.6) is 0 Å². The van der Waals surface area contributed by atoms with E-state index in [0.717, 1.165) is 12.4 Å². The molecule has 0 atom stereocenters. The number of nitrogens with zero attached hydrogens (tertiary/aromatic N) is 4. The minimum Gasteiger partial charge on any atom is -0.227 e. The third kappa shape index (κ3) is 1.81. The zero-order chi connectivity index (χ0) is 9.31. The Kier molecular flexibility index (Phi) is 2.47. The van der Waals surface area contributed by atoms with Crippen LogP contribution in [-0.2, 0) is 12.4 Å². The summed E-state index contributed by atoms with van der Waals surface area (Å²) in [5.41, 5.74) is 0. The van der Waals surface area contributed by atoms with E-state index in [9.17, 15) is 0 Å². The van der Waals surface area contributed by atoms with Gasteiger partial charge in [-0.25, -0.2) is 4.68 Å². The summed E-state index contributed by atoms with van der Waals surface area (Å²) in [4.78, 5) is 0. The molecule has 6 heteroatoms. The molecule has 4 nitrogen and oxygen atoms in total. The fourth-order valence-corrected chi connectivity index (χ4v) is 2.23. The predicted octanol–water partition coefficient (Wildman–Crippen LogP) is 1.31. The molecule has 1 aliphatic carbocycles. The third-order valence-electron chi connectivity index (χ3n) is 2.40. The van der Waals surface area contributed by atoms with Gasteiger partial charge in [-0.15, -0.1) is 16.7 Å². The number of tetrazole rings is 1. The zero-order valence-corrected chi connectivity index (χ0v) is 8.98. The summed E-state index contributed by atoms with van der Waals surface area (Å²) in [6, 6.07) is 0. The number of hydrogen-bond donors (Lipinski definition) is 0. The Labute approximate surface area is 86.0 Å². The van der Waals surface area contributed by atoms with Gasteiger partial charge in [0.25, 0.3) is 0 Å². The second-order valence-electron chi connectivity index (χ2n) is 3.27. The predicted molar refractivity (Wildman–Crippen MR) is 52.9 cm³/mol. The first-order chi connectivity index (χ1) is 6.29. The molecule has 0 unspecified atom stereocenters. The third-order valence-corrected chi connectivity index (χ3v) is 4.05. The monoisotopic (exact) mass is 218 g/mol. The molecule has 1 aromatic heterocycles. The first-order valence-electron chi connectivity index (χ1n) is 4.16. The Hall–Kier alpha value is -0.290. The molecular weight excluding hydrogens is 208 g/mol. The van der Waals surface area contributed by atoms with Crippen molar-refractivity contribution in [3.05, 3.63) is 5.82 Å². The molecule has 0 spiro atoms. The van der Waals surface area contributed by atoms with Crippen LogP contribution in [0.2, 0.25) is 0 Å². The summed E-state index contributed by atoms with van der Waals surface area (Å²) >= 11 is 7.59. The highest BCUT2D eigenvalue weighted by molar-refractivity contribution is 8.00. The lowest BCUT2D eigenvalue weighted by Gasteiger charge is -2.11. The van der Waals surface area contributed by atoms with E-state index >= 15 is 0 Å². The fraction of sp³-hybridized carbons (Fsp3) is 0.857. The molecule has 0 radical (unpaired) electrons. The van der Waals surface area contributed by atoms with E-state index in [-0.39, 0.29) is 0 Å². The maximum Gasteiger partial charge on any atom is 0.166 e. The van der Waals surface area contributed by atoms with Crippen molar-refractivity contribution in [2.75, 3.05) is 6.26 Å². The lowest BCUT2D eigenvalue weighted by molar-refractivity contribution is 0.552. The number of thioether (sulfide) groups is 1. The van der Waals surface area contributed by atoms with Gasteiger partial charge in [0, 0.05) is 4.75 Å². The normalized spacial score (nSPS) is 18.9. The van der Waals surface area contributed by atoms with Crippen LogP contribution in [0.25, 0.3) is 0 Å². The molecule has 13 heavy (non-hydrogen) atoms. The van der Waals surface area contributed by atoms with Gasteiger partial charge < -0.3 is 0 Å². The number of halogens is 1. The Morgan fingerprint density at radius 2 is 2.38 bits per heavy atom. The van der Waals surface area contributed by atoms with Crippen LogP contribution in [0.4, 0.5) is 0 Å². The Morgan fingerprint density at radius 1 is 1.62 bits per heavy atom. The topological polar surface area (TPSA) is 43.6 Å².